The maximum atomic E-state index is 12.4. The van der Waals surface area contributed by atoms with Crippen molar-refractivity contribution in [2.75, 3.05) is 12.0 Å². The van der Waals surface area contributed by atoms with Crippen molar-refractivity contribution >= 4 is 11.6 Å². The first kappa shape index (κ1) is 11.9. The van der Waals surface area contributed by atoms with Gasteiger partial charge in [-0.25, -0.2) is 0 Å². The van der Waals surface area contributed by atoms with Gasteiger partial charge in [0.15, 0.2) is 0 Å². The highest BCUT2D eigenvalue weighted by molar-refractivity contribution is 6.00. The fourth-order valence-electron chi connectivity index (χ4n) is 2.07. The first-order valence-corrected chi connectivity index (χ1v) is 6.05. The second kappa shape index (κ2) is 4.75. The van der Waals surface area contributed by atoms with E-state index in [4.69, 9.17) is 5.84 Å². The summed E-state index contributed by atoms with van der Waals surface area (Å²) < 4.78 is 0. The van der Waals surface area contributed by atoms with Gasteiger partial charge >= 0.3 is 0 Å². The number of hydrazine groups is 1. The minimum absolute atomic E-state index is 0.0722. The maximum Gasteiger partial charge on any atom is 0.256 e. The van der Waals surface area contributed by atoms with Gasteiger partial charge in [0.05, 0.1) is 11.3 Å². The number of nitrogen functional groups attached to an aromatic ring is 1. The Morgan fingerprint density at radius 1 is 1.53 bits per heavy atom. The third-order valence-electron chi connectivity index (χ3n) is 3.15. The van der Waals surface area contributed by atoms with Crippen LogP contribution in [0.3, 0.4) is 0 Å². The summed E-state index contributed by atoms with van der Waals surface area (Å²) in [6.07, 6.45) is 2.24. The Balaban J connectivity index is 2.28. The summed E-state index contributed by atoms with van der Waals surface area (Å²) >= 11 is 0. The van der Waals surface area contributed by atoms with Gasteiger partial charge in [-0.3, -0.25) is 10.6 Å². The minimum atomic E-state index is 0.0722. The third kappa shape index (κ3) is 2.42. The summed E-state index contributed by atoms with van der Waals surface area (Å²) in [4.78, 5) is 14.3. The van der Waals surface area contributed by atoms with Crippen molar-refractivity contribution in [3.8, 4) is 0 Å². The molecule has 1 amide bonds. The Bertz CT molecular complexity index is 427. The smallest absolute Gasteiger partial charge is 0.256 e. The molecule has 0 radical (unpaired) electrons. The lowest BCUT2D eigenvalue weighted by Crippen LogP contribution is -2.33. The van der Waals surface area contributed by atoms with Gasteiger partial charge in [0.2, 0.25) is 0 Å². The molecule has 0 spiro atoms. The number of nitrogens with zero attached hydrogens (tertiary/aromatic N) is 1. The lowest BCUT2D eigenvalue weighted by Gasteiger charge is -2.22. The van der Waals surface area contributed by atoms with Crippen LogP contribution in [-0.4, -0.2) is 23.4 Å². The summed E-state index contributed by atoms with van der Waals surface area (Å²) in [7, 11) is 0. The molecule has 1 aromatic carbocycles. The second-order valence-electron chi connectivity index (χ2n) is 4.52. The lowest BCUT2D eigenvalue weighted by molar-refractivity contribution is 0.0753. The normalized spacial score (nSPS) is 14.5. The minimum Gasteiger partial charge on any atom is -0.336 e. The average molecular weight is 233 g/mol. The van der Waals surface area contributed by atoms with Crippen LogP contribution in [0.2, 0.25) is 0 Å². The fraction of sp³-hybridized carbons (Fsp3) is 0.462. The van der Waals surface area contributed by atoms with Crippen LogP contribution in [0.5, 0.6) is 0 Å². The van der Waals surface area contributed by atoms with Crippen LogP contribution in [0.1, 0.15) is 35.7 Å². The quantitative estimate of drug-likeness (QED) is 0.617. The standard InChI is InChI=1S/C13H19N3O/c1-3-16(10-5-6-10)13(17)11-7-4-9(2)8-12(11)15-14/h4,7-8,10,15H,3,5-6,14H2,1-2H3. The summed E-state index contributed by atoms with van der Waals surface area (Å²) in [5.74, 6) is 5.54. The van der Waals surface area contributed by atoms with Gasteiger partial charge in [-0.2, -0.15) is 0 Å². The summed E-state index contributed by atoms with van der Waals surface area (Å²) in [6, 6.07) is 6.11. The van der Waals surface area contributed by atoms with Crippen molar-refractivity contribution in [2.24, 2.45) is 5.84 Å². The van der Waals surface area contributed by atoms with Gasteiger partial charge < -0.3 is 10.3 Å². The molecule has 4 heteroatoms. The van der Waals surface area contributed by atoms with Crippen molar-refractivity contribution in [3.05, 3.63) is 29.3 Å². The molecule has 2 rings (SSSR count). The molecule has 3 N–H and O–H groups in total. The van der Waals surface area contributed by atoms with E-state index in [1.54, 1.807) is 0 Å². The summed E-state index contributed by atoms with van der Waals surface area (Å²) in [5, 5.41) is 0. The molecule has 4 nitrogen and oxygen atoms in total. The first-order valence-electron chi connectivity index (χ1n) is 6.05. The van der Waals surface area contributed by atoms with Gasteiger partial charge in [-0.15, -0.1) is 0 Å². The number of carbonyl (C=O) groups excluding carboxylic acids is 1. The van der Waals surface area contributed by atoms with Gasteiger partial charge in [0, 0.05) is 12.6 Å². The molecule has 92 valence electrons. The predicted octanol–water partition coefficient (Wildman–Crippen LogP) is 1.91. The number of benzene rings is 1. The zero-order chi connectivity index (χ0) is 12.4. The van der Waals surface area contributed by atoms with E-state index in [1.807, 2.05) is 36.9 Å². The highest BCUT2D eigenvalue weighted by Gasteiger charge is 2.32. The molecule has 0 unspecified atom stereocenters. The number of hydrogen-bond acceptors (Lipinski definition) is 3. The Morgan fingerprint density at radius 2 is 2.24 bits per heavy atom. The molecule has 17 heavy (non-hydrogen) atoms. The van der Waals surface area contributed by atoms with Gasteiger partial charge in [-0.1, -0.05) is 6.07 Å². The van der Waals surface area contributed by atoms with E-state index in [1.165, 1.54) is 0 Å². The molecule has 0 heterocycles. The molecule has 1 aromatic rings. The van der Waals surface area contributed by atoms with Gasteiger partial charge in [0.25, 0.3) is 5.91 Å². The zero-order valence-electron chi connectivity index (χ0n) is 10.4. The van der Waals surface area contributed by atoms with Crippen LogP contribution in [0.25, 0.3) is 0 Å². The van der Waals surface area contributed by atoms with Crippen LogP contribution < -0.4 is 11.3 Å². The van der Waals surface area contributed by atoms with Crippen molar-refractivity contribution in [3.63, 3.8) is 0 Å². The van der Waals surface area contributed by atoms with Gasteiger partial charge in [-0.05, 0) is 44.4 Å². The Hall–Kier alpha value is -1.55. The highest BCUT2D eigenvalue weighted by atomic mass is 16.2. The largest absolute Gasteiger partial charge is 0.336 e. The fourth-order valence-corrected chi connectivity index (χ4v) is 2.07. The van der Waals surface area contributed by atoms with Crippen LogP contribution in [0.15, 0.2) is 18.2 Å². The molecular formula is C13H19N3O. The molecule has 0 atom stereocenters. The van der Waals surface area contributed by atoms with Gasteiger partial charge in [0.1, 0.15) is 0 Å². The Labute approximate surface area is 102 Å². The number of amides is 1. The topological polar surface area (TPSA) is 58.4 Å². The summed E-state index contributed by atoms with van der Waals surface area (Å²) in [6.45, 7) is 4.74. The molecule has 1 fully saturated rings. The lowest BCUT2D eigenvalue weighted by atomic mass is 10.1. The Morgan fingerprint density at radius 3 is 2.76 bits per heavy atom. The number of hydrogen-bond donors (Lipinski definition) is 2. The molecule has 0 saturated heterocycles. The van der Waals surface area contributed by atoms with Crippen molar-refractivity contribution in [1.29, 1.82) is 0 Å². The molecule has 1 aliphatic carbocycles. The number of anilines is 1. The SMILES string of the molecule is CCN(C(=O)c1ccc(C)cc1NN)C1CC1. The molecule has 0 aromatic heterocycles. The number of nitrogens with two attached hydrogens (primary N) is 1. The number of carbonyl (C=O) groups is 1. The predicted molar refractivity (Wildman–Crippen MR) is 68.7 cm³/mol. The maximum absolute atomic E-state index is 12.4. The van der Waals surface area contributed by atoms with E-state index in [9.17, 15) is 4.79 Å². The second-order valence-corrected chi connectivity index (χ2v) is 4.52. The third-order valence-corrected chi connectivity index (χ3v) is 3.15. The van der Waals surface area contributed by atoms with Crippen LogP contribution in [-0.2, 0) is 0 Å². The van der Waals surface area contributed by atoms with E-state index < -0.39 is 0 Å². The first-order chi connectivity index (χ1) is 8.17. The highest BCUT2D eigenvalue weighted by Crippen LogP contribution is 2.29. The van der Waals surface area contributed by atoms with E-state index in [0.717, 1.165) is 24.9 Å². The molecule has 0 aliphatic heterocycles. The van der Waals surface area contributed by atoms with E-state index in [0.29, 0.717) is 17.3 Å². The zero-order valence-corrected chi connectivity index (χ0v) is 10.4. The van der Waals surface area contributed by atoms with E-state index >= 15 is 0 Å². The molecule has 1 aliphatic rings. The molecule has 1 saturated carbocycles. The average Bonchev–Trinajstić information content (AvgIpc) is 3.14. The Kier molecular flexibility index (Phi) is 3.33. The number of aryl methyl sites for hydroxylation is 1. The monoisotopic (exact) mass is 233 g/mol. The van der Waals surface area contributed by atoms with Crippen LogP contribution in [0, 0.1) is 6.92 Å². The van der Waals surface area contributed by atoms with E-state index in [2.05, 4.69) is 5.43 Å². The number of nitrogens with one attached hydrogen (secondary N) is 1. The van der Waals surface area contributed by atoms with Crippen molar-refractivity contribution in [1.82, 2.24) is 4.90 Å². The van der Waals surface area contributed by atoms with Crippen LogP contribution >= 0.6 is 0 Å². The van der Waals surface area contributed by atoms with Crippen LogP contribution in [0.4, 0.5) is 5.69 Å². The molecular weight excluding hydrogens is 214 g/mol. The van der Waals surface area contributed by atoms with E-state index in [-0.39, 0.29) is 5.91 Å². The van der Waals surface area contributed by atoms with Crippen molar-refractivity contribution in [2.45, 2.75) is 32.7 Å². The number of rotatable bonds is 4. The molecule has 0 bridgehead atoms. The van der Waals surface area contributed by atoms with Crippen molar-refractivity contribution < 1.29 is 4.79 Å². The summed E-state index contributed by atoms with van der Waals surface area (Å²) in [5.41, 5.74) is 5.06.